The number of hydrogen-bond acceptors (Lipinski definition) is 5. The van der Waals surface area contributed by atoms with Gasteiger partial charge in [0, 0.05) is 26.8 Å². The summed E-state index contributed by atoms with van der Waals surface area (Å²) >= 11 is 0. The van der Waals surface area contributed by atoms with Crippen molar-refractivity contribution >= 4 is 5.97 Å². The van der Waals surface area contributed by atoms with Crippen molar-refractivity contribution < 1.29 is 14.3 Å². The molecule has 0 heterocycles. The molecule has 0 aliphatic rings. The standard InChI is InChI=1S/C15H24N2O3/c1-17(10-7-11-19-2)12-15(16,14(18)20-3)13-8-5-4-6-9-13/h4-6,8-9H,7,10-12,16H2,1-3H3. The molecule has 5 nitrogen and oxygen atoms in total. The minimum Gasteiger partial charge on any atom is -0.467 e. The Balaban J connectivity index is 2.82. The molecule has 0 aromatic heterocycles. The quantitative estimate of drug-likeness (QED) is 0.568. The highest BCUT2D eigenvalue weighted by atomic mass is 16.5. The second-order valence-electron chi connectivity index (χ2n) is 4.91. The number of rotatable bonds is 8. The van der Waals surface area contributed by atoms with E-state index in [1.807, 2.05) is 42.3 Å². The molecule has 5 heteroatoms. The molecule has 0 saturated carbocycles. The van der Waals surface area contributed by atoms with E-state index in [9.17, 15) is 4.79 Å². The van der Waals surface area contributed by atoms with Crippen LogP contribution in [0.5, 0.6) is 0 Å². The number of likely N-dealkylation sites (N-methyl/N-ethyl adjacent to an activating group) is 1. The average molecular weight is 280 g/mol. The van der Waals surface area contributed by atoms with E-state index in [1.54, 1.807) is 7.11 Å². The molecule has 0 amide bonds. The Bertz CT molecular complexity index is 411. The third-order valence-corrected chi connectivity index (χ3v) is 3.25. The lowest BCUT2D eigenvalue weighted by molar-refractivity contribution is -0.148. The predicted molar refractivity (Wildman–Crippen MR) is 78.3 cm³/mol. The summed E-state index contributed by atoms with van der Waals surface area (Å²) in [5, 5.41) is 0. The minimum atomic E-state index is -1.15. The maximum atomic E-state index is 12.1. The van der Waals surface area contributed by atoms with Crippen LogP contribution < -0.4 is 5.73 Å². The summed E-state index contributed by atoms with van der Waals surface area (Å²) in [6.07, 6.45) is 0.888. The third-order valence-electron chi connectivity index (χ3n) is 3.25. The van der Waals surface area contributed by atoms with Gasteiger partial charge < -0.3 is 20.1 Å². The number of esters is 1. The van der Waals surface area contributed by atoms with Crippen molar-refractivity contribution in [1.29, 1.82) is 0 Å². The van der Waals surface area contributed by atoms with Gasteiger partial charge in [-0.15, -0.1) is 0 Å². The number of ether oxygens (including phenoxy) is 2. The van der Waals surface area contributed by atoms with E-state index in [-0.39, 0.29) is 0 Å². The molecule has 0 radical (unpaired) electrons. The summed E-state index contributed by atoms with van der Waals surface area (Å²) in [6.45, 7) is 1.88. The number of benzene rings is 1. The van der Waals surface area contributed by atoms with Gasteiger partial charge in [-0.3, -0.25) is 0 Å². The van der Waals surface area contributed by atoms with E-state index in [4.69, 9.17) is 15.2 Å². The second kappa shape index (κ2) is 7.99. The predicted octanol–water partition coefficient (Wildman–Crippen LogP) is 0.982. The zero-order valence-electron chi connectivity index (χ0n) is 12.5. The van der Waals surface area contributed by atoms with Crippen LogP contribution in [0.1, 0.15) is 12.0 Å². The van der Waals surface area contributed by atoms with Crippen LogP contribution in [0, 0.1) is 0 Å². The second-order valence-corrected chi connectivity index (χ2v) is 4.91. The molecule has 0 saturated heterocycles. The zero-order chi connectivity index (χ0) is 15.0. The Morgan fingerprint density at radius 1 is 1.30 bits per heavy atom. The van der Waals surface area contributed by atoms with Crippen LogP contribution in [0.15, 0.2) is 30.3 Å². The Morgan fingerprint density at radius 3 is 2.50 bits per heavy atom. The lowest BCUT2D eigenvalue weighted by atomic mass is 9.90. The minimum absolute atomic E-state index is 0.396. The molecule has 112 valence electrons. The maximum absolute atomic E-state index is 12.1. The van der Waals surface area contributed by atoms with Crippen molar-refractivity contribution in [3.63, 3.8) is 0 Å². The van der Waals surface area contributed by atoms with Gasteiger partial charge in [0.25, 0.3) is 0 Å². The van der Waals surface area contributed by atoms with Crippen LogP contribution in [0.2, 0.25) is 0 Å². The van der Waals surface area contributed by atoms with Gasteiger partial charge in [-0.1, -0.05) is 30.3 Å². The fourth-order valence-corrected chi connectivity index (χ4v) is 2.17. The van der Waals surface area contributed by atoms with Crippen LogP contribution in [0.3, 0.4) is 0 Å². The summed E-state index contributed by atoms with van der Waals surface area (Å²) in [5.41, 5.74) is 5.93. The SMILES string of the molecule is COCCCN(C)CC(N)(C(=O)OC)c1ccccc1. The smallest absolute Gasteiger partial charge is 0.331 e. The van der Waals surface area contributed by atoms with Crippen LogP contribution in [0.4, 0.5) is 0 Å². The first kappa shape index (κ1) is 16.6. The molecular weight excluding hydrogens is 256 g/mol. The molecule has 2 N–H and O–H groups in total. The molecule has 0 aliphatic heterocycles. The molecule has 1 unspecified atom stereocenters. The van der Waals surface area contributed by atoms with Crippen LogP contribution in [-0.2, 0) is 19.8 Å². The highest BCUT2D eigenvalue weighted by Gasteiger charge is 2.38. The molecular formula is C15H24N2O3. The van der Waals surface area contributed by atoms with Gasteiger partial charge in [-0.2, -0.15) is 0 Å². The highest BCUT2D eigenvalue weighted by molar-refractivity contribution is 5.82. The normalized spacial score (nSPS) is 14.1. The fourth-order valence-electron chi connectivity index (χ4n) is 2.17. The van der Waals surface area contributed by atoms with Gasteiger partial charge in [0.15, 0.2) is 5.54 Å². The van der Waals surface area contributed by atoms with Gasteiger partial charge in [0.2, 0.25) is 0 Å². The van der Waals surface area contributed by atoms with E-state index in [1.165, 1.54) is 7.11 Å². The first-order chi connectivity index (χ1) is 9.54. The number of carbonyl (C=O) groups excluding carboxylic acids is 1. The van der Waals surface area contributed by atoms with E-state index in [0.29, 0.717) is 13.2 Å². The molecule has 1 rings (SSSR count). The average Bonchev–Trinajstić information content (AvgIpc) is 2.47. The van der Waals surface area contributed by atoms with E-state index in [2.05, 4.69) is 0 Å². The third kappa shape index (κ3) is 4.30. The molecule has 1 aromatic rings. The summed E-state index contributed by atoms with van der Waals surface area (Å²) in [7, 11) is 4.96. The van der Waals surface area contributed by atoms with Crippen molar-refractivity contribution in [2.45, 2.75) is 12.0 Å². The number of hydrogen-bond donors (Lipinski definition) is 1. The Morgan fingerprint density at radius 2 is 1.95 bits per heavy atom. The van der Waals surface area contributed by atoms with E-state index >= 15 is 0 Å². The highest BCUT2D eigenvalue weighted by Crippen LogP contribution is 2.21. The number of nitrogens with zero attached hydrogens (tertiary/aromatic N) is 1. The maximum Gasteiger partial charge on any atom is 0.331 e. The summed E-state index contributed by atoms with van der Waals surface area (Å²) in [6, 6.07) is 9.32. The summed E-state index contributed by atoms with van der Waals surface area (Å²) < 4.78 is 9.91. The van der Waals surface area contributed by atoms with E-state index < -0.39 is 11.5 Å². The van der Waals surface area contributed by atoms with Gasteiger partial charge in [0.05, 0.1) is 7.11 Å². The van der Waals surface area contributed by atoms with Crippen molar-refractivity contribution in [2.24, 2.45) is 5.73 Å². The topological polar surface area (TPSA) is 64.8 Å². The molecule has 0 fully saturated rings. The van der Waals surface area contributed by atoms with Crippen LogP contribution in [-0.4, -0.2) is 51.8 Å². The first-order valence-electron chi connectivity index (χ1n) is 6.65. The lowest BCUT2D eigenvalue weighted by Crippen LogP contribution is -2.53. The molecule has 20 heavy (non-hydrogen) atoms. The van der Waals surface area contributed by atoms with Gasteiger partial charge in [0.1, 0.15) is 0 Å². The van der Waals surface area contributed by atoms with Crippen LogP contribution in [0.25, 0.3) is 0 Å². The van der Waals surface area contributed by atoms with Gasteiger partial charge in [-0.25, -0.2) is 4.79 Å². The molecule has 1 atom stereocenters. The summed E-state index contributed by atoms with van der Waals surface area (Å²) in [4.78, 5) is 14.1. The van der Waals surface area contributed by atoms with Gasteiger partial charge >= 0.3 is 5.97 Å². The Labute approximate surface area is 120 Å². The molecule has 0 aliphatic carbocycles. The monoisotopic (exact) mass is 280 g/mol. The van der Waals surface area contributed by atoms with E-state index in [0.717, 1.165) is 18.5 Å². The fraction of sp³-hybridized carbons (Fsp3) is 0.533. The van der Waals surface area contributed by atoms with Crippen molar-refractivity contribution in [2.75, 3.05) is 41.0 Å². The van der Waals surface area contributed by atoms with Gasteiger partial charge in [-0.05, 0) is 19.0 Å². The van der Waals surface area contributed by atoms with Crippen LogP contribution >= 0.6 is 0 Å². The number of nitrogens with two attached hydrogens (primary N) is 1. The zero-order valence-corrected chi connectivity index (χ0v) is 12.5. The molecule has 1 aromatic carbocycles. The van der Waals surface area contributed by atoms with Crippen molar-refractivity contribution in [3.8, 4) is 0 Å². The Kier molecular flexibility index (Phi) is 6.64. The molecule has 0 bridgehead atoms. The molecule has 0 spiro atoms. The van der Waals surface area contributed by atoms with Crippen molar-refractivity contribution in [1.82, 2.24) is 4.90 Å². The van der Waals surface area contributed by atoms with Crippen molar-refractivity contribution in [3.05, 3.63) is 35.9 Å². The summed E-state index contributed by atoms with van der Waals surface area (Å²) in [5.74, 6) is -0.428. The number of methoxy groups -OCH3 is 2. The lowest BCUT2D eigenvalue weighted by Gasteiger charge is -2.31. The Hall–Kier alpha value is -1.43. The first-order valence-corrected chi connectivity index (χ1v) is 6.65. The largest absolute Gasteiger partial charge is 0.467 e. The number of carbonyl (C=O) groups is 1.